The second kappa shape index (κ2) is 11.1. The van der Waals surface area contributed by atoms with Crippen LogP contribution in [-0.2, 0) is 0 Å². The summed E-state index contributed by atoms with van der Waals surface area (Å²) < 4.78 is 0. The first-order valence-electron chi connectivity index (χ1n) is 5.72. The third kappa shape index (κ3) is 8.16. The molecule has 0 saturated heterocycles. The van der Waals surface area contributed by atoms with Crippen LogP contribution in [0.15, 0.2) is 0 Å². The van der Waals surface area contributed by atoms with Gasteiger partial charge in [0, 0.05) is 0 Å². The molecule has 0 spiro atoms. The van der Waals surface area contributed by atoms with Crippen LogP contribution in [0.5, 0.6) is 0 Å². The zero-order valence-corrected chi connectivity index (χ0v) is 9.98. The van der Waals surface area contributed by atoms with Crippen molar-refractivity contribution in [3.63, 3.8) is 0 Å². The lowest BCUT2D eigenvalue weighted by molar-refractivity contribution is 0.690. The summed E-state index contributed by atoms with van der Waals surface area (Å²) in [6.07, 6.45) is 5.52. The molecule has 0 bridgehead atoms. The van der Waals surface area contributed by atoms with Crippen molar-refractivity contribution in [3.8, 4) is 0 Å². The molecule has 0 rings (SSSR count). The van der Waals surface area contributed by atoms with Gasteiger partial charge in [0.25, 0.3) is 0 Å². The first-order chi connectivity index (χ1) is 5.72. The second-order valence-corrected chi connectivity index (χ2v) is 3.51. The minimum Gasteiger partial charge on any atom is -0.0859 e. The molecule has 0 fully saturated rings. The molecule has 0 aliphatic carbocycles. The molecular weight excluding hydrogens is 143 g/mol. The summed E-state index contributed by atoms with van der Waals surface area (Å²) in [5.41, 5.74) is 0. The Balaban J connectivity index is 0. The summed E-state index contributed by atoms with van der Waals surface area (Å²) in [5, 5.41) is 0. The van der Waals surface area contributed by atoms with Gasteiger partial charge in [0.1, 0.15) is 6.71 Å². The Labute approximate surface area is 80.2 Å². The Kier molecular flexibility index (Phi) is 13.4. The summed E-state index contributed by atoms with van der Waals surface area (Å²) in [6.45, 7) is 14.2. The van der Waals surface area contributed by atoms with E-state index in [9.17, 15) is 0 Å². The third-order valence-corrected chi connectivity index (χ3v) is 2.63. The van der Waals surface area contributed by atoms with E-state index in [2.05, 4.69) is 27.6 Å². The molecule has 0 aliphatic rings. The molecule has 0 amide bonds. The van der Waals surface area contributed by atoms with Gasteiger partial charge in [-0.25, -0.2) is 0 Å². The van der Waals surface area contributed by atoms with Gasteiger partial charge >= 0.3 is 0 Å². The van der Waals surface area contributed by atoms with Gasteiger partial charge in [0.15, 0.2) is 0 Å². The van der Waals surface area contributed by atoms with Crippen LogP contribution < -0.4 is 0 Å². The highest BCUT2D eigenvalue weighted by Gasteiger charge is 2.12. The Hall–Kier alpha value is 0.0649. The van der Waals surface area contributed by atoms with Gasteiger partial charge in [0.05, 0.1) is 0 Å². The highest BCUT2D eigenvalue weighted by atomic mass is 13.9. The van der Waals surface area contributed by atoms with Crippen molar-refractivity contribution in [1.29, 1.82) is 0 Å². The minimum absolute atomic E-state index is 0.923. The van der Waals surface area contributed by atoms with E-state index < -0.39 is 0 Å². The van der Waals surface area contributed by atoms with E-state index in [4.69, 9.17) is 0 Å². The van der Waals surface area contributed by atoms with E-state index in [-0.39, 0.29) is 0 Å². The molecule has 1 heteroatoms. The molecular formula is C11H27B. The average molecular weight is 170 g/mol. The zero-order valence-electron chi connectivity index (χ0n) is 9.98. The maximum Gasteiger partial charge on any atom is 0.139 e. The maximum atomic E-state index is 2.38. The first-order valence-corrected chi connectivity index (χ1v) is 5.72. The molecule has 0 radical (unpaired) electrons. The predicted octanol–water partition coefficient (Wildman–Crippen LogP) is 4.74. The lowest BCUT2D eigenvalue weighted by Crippen LogP contribution is -2.11. The molecule has 74 valence electrons. The van der Waals surface area contributed by atoms with E-state index in [0.29, 0.717) is 0 Å². The topological polar surface area (TPSA) is 0 Å². The highest BCUT2D eigenvalue weighted by molar-refractivity contribution is 6.58. The Morgan fingerprint density at radius 3 is 2.00 bits per heavy atom. The Morgan fingerprint density at radius 1 is 1.17 bits per heavy atom. The Bertz CT molecular complexity index is 71.4. The van der Waals surface area contributed by atoms with Crippen LogP contribution in [0.25, 0.3) is 0 Å². The number of rotatable bonds is 5. The lowest BCUT2D eigenvalue weighted by atomic mass is 9.41. The molecule has 0 nitrogen and oxygen atoms in total. The van der Waals surface area contributed by atoms with E-state index in [1.54, 1.807) is 0 Å². The van der Waals surface area contributed by atoms with Crippen molar-refractivity contribution in [1.82, 2.24) is 0 Å². The summed E-state index contributed by atoms with van der Waals surface area (Å²) in [7, 11) is 0. The maximum absolute atomic E-state index is 2.38. The van der Waals surface area contributed by atoms with E-state index >= 15 is 0 Å². The average Bonchev–Trinajstić information content (AvgIpc) is 2.16. The summed E-state index contributed by atoms with van der Waals surface area (Å²) >= 11 is 0. The molecule has 0 aromatic rings. The fourth-order valence-corrected chi connectivity index (χ4v) is 1.21. The van der Waals surface area contributed by atoms with Crippen molar-refractivity contribution in [2.24, 2.45) is 0 Å². The van der Waals surface area contributed by atoms with Crippen molar-refractivity contribution in [2.75, 3.05) is 0 Å². The zero-order chi connectivity index (χ0) is 9.98. The fraction of sp³-hybridized carbons (Fsp3) is 1.00. The van der Waals surface area contributed by atoms with Crippen LogP contribution in [-0.4, -0.2) is 6.71 Å². The van der Waals surface area contributed by atoms with E-state index in [1.165, 1.54) is 25.6 Å². The fourth-order valence-electron chi connectivity index (χ4n) is 1.21. The van der Waals surface area contributed by atoms with Crippen molar-refractivity contribution < 1.29 is 0 Å². The molecule has 1 atom stereocenters. The number of hydrogen-bond acceptors (Lipinski definition) is 0. The summed E-state index contributed by atoms with van der Waals surface area (Å²) in [4.78, 5) is 0. The van der Waals surface area contributed by atoms with Gasteiger partial charge < -0.3 is 0 Å². The third-order valence-electron chi connectivity index (χ3n) is 2.63. The van der Waals surface area contributed by atoms with Crippen molar-refractivity contribution >= 4 is 6.71 Å². The molecule has 0 saturated carbocycles. The van der Waals surface area contributed by atoms with Gasteiger partial charge in [0.2, 0.25) is 0 Å². The minimum atomic E-state index is 0.923. The van der Waals surface area contributed by atoms with Gasteiger partial charge in [-0.1, -0.05) is 72.8 Å². The molecule has 0 aliphatic heterocycles. The van der Waals surface area contributed by atoms with E-state index in [0.717, 1.165) is 12.5 Å². The van der Waals surface area contributed by atoms with Crippen molar-refractivity contribution in [3.05, 3.63) is 0 Å². The molecule has 0 aromatic carbocycles. The molecule has 12 heavy (non-hydrogen) atoms. The van der Waals surface area contributed by atoms with Crippen LogP contribution in [0, 0.1) is 0 Å². The number of hydrogen-bond donors (Lipinski definition) is 0. The standard InChI is InChI=1S/C9H21B.C2H6/c1-5-7-8-9(3)10(4)6-2;1-2/h9H,5-8H2,1-4H3;1-2H3. The SMILES string of the molecule is CC.CCCCC(C)B(C)CC. The molecule has 0 heterocycles. The van der Waals surface area contributed by atoms with Gasteiger partial charge in [-0.15, -0.1) is 0 Å². The normalized spacial score (nSPS) is 11.5. The van der Waals surface area contributed by atoms with E-state index in [1.807, 2.05) is 13.8 Å². The quantitative estimate of drug-likeness (QED) is 0.523. The van der Waals surface area contributed by atoms with Crippen molar-refractivity contribution in [2.45, 2.75) is 72.8 Å². The molecule has 0 N–H and O–H groups in total. The van der Waals surface area contributed by atoms with Crippen LogP contribution in [0.3, 0.4) is 0 Å². The highest BCUT2D eigenvalue weighted by Crippen LogP contribution is 2.19. The second-order valence-electron chi connectivity index (χ2n) is 3.51. The first kappa shape index (κ1) is 14.6. The van der Waals surface area contributed by atoms with Crippen LogP contribution in [0.2, 0.25) is 19.0 Å². The summed E-state index contributed by atoms with van der Waals surface area (Å²) in [5.74, 6) is 0.935. The van der Waals surface area contributed by atoms with Gasteiger partial charge in [-0.2, -0.15) is 0 Å². The smallest absolute Gasteiger partial charge is 0.0859 e. The molecule has 0 aromatic heterocycles. The number of unbranched alkanes of at least 4 members (excludes halogenated alkanes) is 1. The predicted molar refractivity (Wildman–Crippen MR) is 62.4 cm³/mol. The summed E-state index contributed by atoms with van der Waals surface area (Å²) in [6, 6.07) is 0. The van der Waals surface area contributed by atoms with Crippen LogP contribution >= 0.6 is 0 Å². The van der Waals surface area contributed by atoms with Crippen LogP contribution in [0.1, 0.15) is 53.9 Å². The lowest BCUT2D eigenvalue weighted by Gasteiger charge is -2.13. The Morgan fingerprint density at radius 2 is 1.67 bits per heavy atom. The van der Waals surface area contributed by atoms with Gasteiger partial charge in [-0.3, -0.25) is 0 Å². The monoisotopic (exact) mass is 170 g/mol. The van der Waals surface area contributed by atoms with Gasteiger partial charge in [-0.05, 0) is 0 Å². The van der Waals surface area contributed by atoms with Crippen LogP contribution in [0.4, 0.5) is 0 Å². The molecule has 1 unspecified atom stereocenters. The largest absolute Gasteiger partial charge is 0.139 e.